The minimum atomic E-state index is -1.38. The number of carbonyl (C=O) groups is 2. The number of carbonyl (C=O) groups excluding carboxylic acids is 2. The second-order valence-electron chi connectivity index (χ2n) is 7.47. The van der Waals surface area contributed by atoms with E-state index in [2.05, 4.69) is 5.32 Å². The molecule has 0 aliphatic carbocycles. The summed E-state index contributed by atoms with van der Waals surface area (Å²) in [7, 11) is 0. The van der Waals surface area contributed by atoms with E-state index in [1.54, 1.807) is 0 Å². The van der Waals surface area contributed by atoms with Gasteiger partial charge in [-0.2, -0.15) is 4.48 Å². The van der Waals surface area contributed by atoms with E-state index in [0.717, 1.165) is 0 Å². The number of hydrogen-bond acceptors (Lipinski definition) is 9. The Hall–Kier alpha value is -1.44. The third kappa shape index (κ3) is 2.44. The second kappa shape index (κ2) is 6.29. The number of aliphatic hydroxyl groups is 4. The summed E-state index contributed by atoms with van der Waals surface area (Å²) in [6.45, 7) is 0.506. The van der Waals surface area contributed by atoms with Crippen molar-refractivity contribution >= 4 is 11.9 Å². The van der Waals surface area contributed by atoms with Crippen LogP contribution < -0.4 is 5.32 Å². The van der Waals surface area contributed by atoms with Crippen LogP contribution in [-0.4, -0.2) is 99.1 Å². The van der Waals surface area contributed by atoms with Crippen LogP contribution in [0.4, 0.5) is 4.79 Å². The van der Waals surface area contributed by atoms with Gasteiger partial charge < -0.3 is 34.6 Å². The Bertz CT molecular complexity index is 699. The molecule has 0 aromatic rings. The number of imide groups is 1. The summed E-state index contributed by atoms with van der Waals surface area (Å²) in [4.78, 5) is 25.0. The van der Waals surface area contributed by atoms with Gasteiger partial charge in [-0.3, -0.25) is 4.79 Å². The van der Waals surface area contributed by atoms with Crippen molar-refractivity contribution in [3.05, 3.63) is 11.8 Å². The highest BCUT2D eigenvalue weighted by atomic mass is 16.7. The van der Waals surface area contributed by atoms with Crippen molar-refractivity contribution in [1.82, 2.24) is 5.32 Å². The molecule has 4 aliphatic rings. The van der Waals surface area contributed by atoms with Gasteiger partial charge in [0.1, 0.15) is 24.0 Å². The first-order valence-electron chi connectivity index (χ1n) is 8.75. The molecule has 0 aromatic carbocycles. The Morgan fingerprint density at radius 1 is 1.33 bits per heavy atom. The molecule has 0 spiro atoms. The Morgan fingerprint density at radius 3 is 2.67 bits per heavy atom. The van der Waals surface area contributed by atoms with Gasteiger partial charge in [0.05, 0.1) is 37.9 Å². The van der Waals surface area contributed by atoms with Crippen LogP contribution in [0.2, 0.25) is 0 Å². The lowest BCUT2D eigenvalue weighted by atomic mass is 10.00. The number of rotatable bonds is 4. The second-order valence-corrected chi connectivity index (χ2v) is 7.47. The lowest BCUT2D eigenvalue weighted by Gasteiger charge is -2.45. The molecule has 3 amide bonds. The summed E-state index contributed by atoms with van der Waals surface area (Å²) >= 11 is 0. The summed E-state index contributed by atoms with van der Waals surface area (Å²) in [5.41, 5.74) is -1.16. The third-order valence-corrected chi connectivity index (χ3v) is 5.89. The quantitative estimate of drug-likeness (QED) is 0.323. The molecule has 3 saturated heterocycles. The fraction of sp³-hybridized carbons (Fsp3) is 0.750. The lowest BCUT2D eigenvalue weighted by Crippen LogP contribution is -2.71. The van der Waals surface area contributed by atoms with Gasteiger partial charge in [0.2, 0.25) is 12.5 Å². The summed E-state index contributed by atoms with van der Waals surface area (Å²) < 4.78 is 16.5. The maximum Gasteiger partial charge on any atom is 0.432 e. The molecule has 4 rings (SSSR count). The van der Waals surface area contributed by atoms with Gasteiger partial charge in [-0.1, -0.05) is 0 Å². The van der Waals surface area contributed by atoms with Crippen molar-refractivity contribution in [1.29, 1.82) is 0 Å². The lowest BCUT2D eigenvalue weighted by molar-refractivity contribution is -0.904. The Kier molecular flexibility index (Phi) is 4.40. The van der Waals surface area contributed by atoms with Crippen LogP contribution in [0.15, 0.2) is 11.8 Å². The minimum Gasteiger partial charge on any atom is -0.394 e. The molecular weight excluding hydrogens is 364 g/mol. The van der Waals surface area contributed by atoms with Crippen LogP contribution in [0.25, 0.3) is 0 Å². The number of urea groups is 1. The molecule has 27 heavy (non-hydrogen) atoms. The van der Waals surface area contributed by atoms with Crippen molar-refractivity contribution in [2.75, 3.05) is 19.8 Å². The van der Waals surface area contributed by atoms with E-state index in [1.807, 2.05) is 0 Å². The molecule has 11 heteroatoms. The van der Waals surface area contributed by atoms with Gasteiger partial charge in [-0.25, -0.2) is 10.1 Å². The van der Waals surface area contributed by atoms with Crippen LogP contribution in [0.1, 0.15) is 13.3 Å². The fourth-order valence-corrected chi connectivity index (χ4v) is 4.31. The van der Waals surface area contributed by atoms with E-state index in [-0.39, 0.29) is 18.6 Å². The minimum absolute atomic E-state index is 0.00851. The van der Waals surface area contributed by atoms with Gasteiger partial charge in [-0.05, 0) is 6.92 Å². The number of nitrogens with one attached hydrogen (secondary N) is 1. The Labute approximate surface area is 154 Å². The average Bonchev–Trinajstić information content (AvgIpc) is 3.27. The van der Waals surface area contributed by atoms with E-state index in [1.165, 1.54) is 13.1 Å². The zero-order valence-electron chi connectivity index (χ0n) is 14.6. The highest BCUT2D eigenvalue weighted by molar-refractivity contribution is 6.03. The van der Waals surface area contributed by atoms with Gasteiger partial charge in [0.25, 0.3) is 5.91 Å². The predicted octanol–water partition coefficient (Wildman–Crippen LogP) is -2.73. The molecule has 1 unspecified atom stereocenters. The highest BCUT2D eigenvalue weighted by Crippen LogP contribution is 2.47. The van der Waals surface area contributed by atoms with Gasteiger partial charge >= 0.3 is 6.03 Å². The van der Waals surface area contributed by atoms with Crippen molar-refractivity contribution in [3.8, 4) is 0 Å². The van der Waals surface area contributed by atoms with E-state index in [9.17, 15) is 30.0 Å². The van der Waals surface area contributed by atoms with E-state index >= 15 is 0 Å². The third-order valence-electron chi connectivity index (χ3n) is 5.89. The Morgan fingerprint density at radius 2 is 2.07 bits per heavy atom. The number of fused-ring (bicyclic) bond motifs is 2. The molecule has 0 saturated carbocycles. The van der Waals surface area contributed by atoms with E-state index < -0.39 is 72.1 Å². The molecule has 0 radical (unpaired) electrons. The topological polar surface area (TPSA) is 155 Å². The molecule has 3 fully saturated rings. The Balaban J connectivity index is 1.79. The zero-order chi connectivity index (χ0) is 19.6. The number of nitrogens with zero attached hydrogens (tertiary/aromatic N) is 1. The largest absolute Gasteiger partial charge is 0.432 e. The smallest absolute Gasteiger partial charge is 0.394 e. The SMILES string of the molecule is CC1=C[N+]([C@@H]2O[C@@]3(CO)CO[C@@H]2[C@@H]3O)([C@H]2C[C@H](O)[C@@H](CO)O2)C(=O)NC1=O. The molecule has 5 N–H and O–H groups in total. The predicted molar refractivity (Wildman–Crippen MR) is 84.4 cm³/mol. The number of aliphatic hydroxyl groups excluding tert-OH is 4. The normalized spacial score (nSPS) is 49.4. The molecule has 4 aliphatic heterocycles. The number of quaternary nitrogens is 1. The summed E-state index contributed by atoms with van der Waals surface area (Å²) in [5, 5.41) is 42.0. The van der Waals surface area contributed by atoms with Crippen LogP contribution in [0.5, 0.6) is 0 Å². The molecule has 150 valence electrons. The van der Waals surface area contributed by atoms with Crippen LogP contribution in [0, 0.1) is 0 Å². The average molecular weight is 387 g/mol. The van der Waals surface area contributed by atoms with Gasteiger partial charge in [0.15, 0.2) is 6.10 Å². The monoisotopic (exact) mass is 387 g/mol. The molecule has 0 aromatic heterocycles. The summed E-state index contributed by atoms with van der Waals surface area (Å²) in [5.74, 6) is -0.576. The summed E-state index contributed by atoms with van der Waals surface area (Å²) in [6.07, 6.45) is -4.80. The standard InChI is InChI=1S/C16H22N2O9/c1-7-3-18(15(24)17-13(7)23,10-2-8(21)9(4-19)26-10)14-11-12(22)16(5-20,27-14)6-25-11/h3,8-12,14,19-22H,2,4-6H2,1H3/p+1/t8-,9+,10+,11+,12-,14+,16-,18?/m0/s1. The summed E-state index contributed by atoms with van der Waals surface area (Å²) in [6, 6.07) is -0.761. The van der Waals surface area contributed by atoms with Crippen LogP contribution >= 0.6 is 0 Å². The van der Waals surface area contributed by atoms with E-state index in [0.29, 0.717) is 0 Å². The first-order chi connectivity index (χ1) is 12.8. The highest BCUT2D eigenvalue weighted by Gasteiger charge is 2.71. The molecule has 8 atom stereocenters. The molecular formula is C16H23N2O9+. The molecule has 4 heterocycles. The number of hydrogen-bond donors (Lipinski definition) is 5. The van der Waals surface area contributed by atoms with Crippen LogP contribution in [0.3, 0.4) is 0 Å². The van der Waals surface area contributed by atoms with Crippen LogP contribution in [-0.2, 0) is 19.0 Å². The molecule has 11 nitrogen and oxygen atoms in total. The first kappa shape index (κ1) is 18.9. The zero-order valence-corrected chi connectivity index (χ0v) is 14.6. The van der Waals surface area contributed by atoms with Crippen molar-refractivity contribution in [2.24, 2.45) is 0 Å². The van der Waals surface area contributed by atoms with Gasteiger partial charge in [0, 0.05) is 0 Å². The van der Waals surface area contributed by atoms with Crippen molar-refractivity contribution in [3.63, 3.8) is 0 Å². The van der Waals surface area contributed by atoms with Crippen molar-refractivity contribution in [2.45, 2.75) is 55.8 Å². The molecule has 2 bridgehead atoms. The van der Waals surface area contributed by atoms with Crippen molar-refractivity contribution < 1.29 is 48.7 Å². The van der Waals surface area contributed by atoms with E-state index in [4.69, 9.17) is 14.2 Å². The number of amides is 3. The maximum absolute atomic E-state index is 13.0. The first-order valence-corrected chi connectivity index (χ1v) is 8.75. The fourth-order valence-electron chi connectivity index (χ4n) is 4.31. The number of ether oxygens (including phenoxy) is 3. The van der Waals surface area contributed by atoms with Gasteiger partial charge in [-0.15, -0.1) is 0 Å². The maximum atomic E-state index is 13.0.